The van der Waals surface area contributed by atoms with Gasteiger partial charge in [-0.15, -0.1) is 0 Å². The van der Waals surface area contributed by atoms with Gasteiger partial charge in [0.15, 0.2) is 0 Å². The quantitative estimate of drug-likeness (QED) is 0.900. The van der Waals surface area contributed by atoms with E-state index >= 15 is 0 Å². The third-order valence-corrected chi connectivity index (χ3v) is 4.51. The highest BCUT2D eigenvalue weighted by Gasteiger charge is 2.31. The summed E-state index contributed by atoms with van der Waals surface area (Å²) in [5.74, 6) is 1.08. The SMILES string of the molecule is CCC1(C)CN(CC2Cc3ccccc3O2)CCN1. The maximum atomic E-state index is 6.05. The predicted octanol–water partition coefficient (Wildman–Crippen LogP) is 2.06. The normalized spacial score (nSPS) is 30.9. The van der Waals surface area contributed by atoms with Gasteiger partial charge in [0.05, 0.1) is 0 Å². The van der Waals surface area contributed by atoms with E-state index < -0.39 is 0 Å². The fourth-order valence-corrected chi connectivity index (χ4v) is 3.18. The summed E-state index contributed by atoms with van der Waals surface area (Å²) >= 11 is 0. The summed E-state index contributed by atoms with van der Waals surface area (Å²) in [5.41, 5.74) is 1.63. The standard InChI is InChI=1S/C16H24N2O/c1-3-16(2)12-18(9-8-17-16)11-14-10-13-6-4-5-7-15(13)19-14/h4-7,14,17H,3,8-12H2,1-2H3. The topological polar surface area (TPSA) is 24.5 Å². The highest BCUT2D eigenvalue weighted by atomic mass is 16.5. The first kappa shape index (κ1) is 12.9. The number of ether oxygens (including phenoxy) is 1. The zero-order chi connectivity index (χ0) is 13.3. The van der Waals surface area contributed by atoms with Gasteiger partial charge < -0.3 is 10.1 Å². The molecule has 2 aliphatic rings. The minimum absolute atomic E-state index is 0.268. The van der Waals surface area contributed by atoms with Gasteiger partial charge in [-0.1, -0.05) is 25.1 Å². The van der Waals surface area contributed by atoms with Crippen LogP contribution in [0.25, 0.3) is 0 Å². The van der Waals surface area contributed by atoms with Crippen LogP contribution >= 0.6 is 0 Å². The molecule has 19 heavy (non-hydrogen) atoms. The molecule has 0 radical (unpaired) electrons. The summed E-state index contributed by atoms with van der Waals surface area (Å²) < 4.78 is 6.05. The molecule has 0 saturated carbocycles. The van der Waals surface area contributed by atoms with Crippen LogP contribution in [0.15, 0.2) is 24.3 Å². The Kier molecular flexibility index (Phi) is 3.50. The Morgan fingerprint density at radius 2 is 2.26 bits per heavy atom. The van der Waals surface area contributed by atoms with Crippen molar-refractivity contribution in [2.45, 2.75) is 38.3 Å². The van der Waals surface area contributed by atoms with E-state index in [0.29, 0.717) is 6.10 Å². The second-order valence-corrected chi connectivity index (χ2v) is 6.13. The zero-order valence-corrected chi connectivity index (χ0v) is 12.0. The summed E-state index contributed by atoms with van der Waals surface area (Å²) in [6.45, 7) is 8.98. The maximum absolute atomic E-state index is 6.05. The maximum Gasteiger partial charge on any atom is 0.123 e. The zero-order valence-electron chi connectivity index (χ0n) is 12.0. The van der Waals surface area contributed by atoms with Gasteiger partial charge >= 0.3 is 0 Å². The summed E-state index contributed by atoms with van der Waals surface area (Å²) in [6, 6.07) is 8.43. The first-order valence-electron chi connectivity index (χ1n) is 7.40. The molecule has 0 spiro atoms. The minimum atomic E-state index is 0.268. The van der Waals surface area contributed by atoms with E-state index in [4.69, 9.17) is 4.74 Å². The number of fused-ring (bicyclic) bond motifs is 1. The Morgan fingerprint density at radius 3 is 3.05 bits per heavy atom. The van der Waals surface area contributed by atoms with Gasteiger partial charge in [0, 0.05) is 38.1 Å². The van der Waals surface area contributed by atoms with E-state index in [0.717, 1.165) is 38.3 Å². The molecule has 0 aromatic heterocycles. The molecule has 104 valence electrons. The lowest BCUT2D eigenvalue weighted by Gasteiger charge is -2.41. The van der Waals surface area contributed by atoms with Crippen LogP contribution in [0.2, 0.25) is 0 Å². The number of rotatable bonds is 3. The Morgan fingerprint density at radius 1 is 1.42 bits per heavy atom. The van der Waals surface area contributed by atoms with Gasteiger partial charge in [-0.05, 0) is 25.0 Å². The molecule has 2 atom stereocenters. The lowest BCUT2D eigenvalue weighted by Crippen LogP contribution is -2.59. The third kappa shape index (κ3) is 2.77. The van der Waals surface area contributed by atoms with Crippen molar-refractivity contribution in [3.05, 3.63) is 29.8 Å². The molecule has 2 heterocycles. The molecule has 3 rings (SSSR count). The Hall–Kier alpha value is -1.06. The van der Waals surface area contributed by atoms with Gasteiger partial charge in [-0.3, -0.25) is 4.90 Å². The number of hydrogen-bond acceptors (Lipinski definition) is 3. The van der Waals surface area contributed by atoms with Crippen molar-refractivity contribution >= 4 is 0 Å². The van der Waals surface area contributed by atoms with E-state index in [1.165, 1.54) is 12.0 Å². The van der Waals surface area contributed by atoms with Crippen molar-refractivity contribution < 1.29 is 4.74 Å². The highest BCUT2D eigenvalue weighted by molar-refractivity contribution is 5.37. The summed E-state index contributed by atoms with van der Waals surface area (Å²) in [5, 5.41) is 3.63. The smallest absolute Gasteiger partial charge is 0.123 e. The summed E-state index contributed by atoms with van der Waals surface area (Å²) in [4.78, 5) is 2.55. The first-order valence-corrected chi connectivity index (χ1v) is 7.40. The van der Waals surface area contributed by atoms with E-state index in [2.05, 4.69) is 48.3 Å². The molecular formula is C16H24N2O. The number of benzene rings is 1. The van der Waals surface area contributed by atoms with E-state index in [1.54, 1.807) is 0 Å². The third-order valence-electron chi connectivity index (χ3n) is 4.51. The number of nitrogens with zero attached hydrogens (tertiary/aromatic N) is 1. The molecule has 1 N–H and O–H groups in total. The molecule has 1 fully saturated rings. The van der Waals surface area contributed by atoms with Crippen LogP contribution in [0, 0.1) is 0 Å². The van der Waals surface area contributed by atoms with Gasteiger partial charge in [0.25, 0.3) is 0 Å². The second kappa shape index (κ2) is 5.14. The van der Waals surface area contributed by atoms with Gasteiger partial charge in [0.1, 0.15) is 11.9 Å². The Balaban J connectivity index is 1.59. The number of piperazine rings is 1. The molecule has 1 aromatic carbocycles. The van der Waals surface area contributed by atoms with Crippen molar-refractivity contribution in [2.75, 3.05) is 26.2 Å². The monoisotopic (exact) mass is 260 g/mol. The average molecular weight is 260 g/mol. The van der Waals surface area contributed by atoms with Crippen molar-refractivity contribution in [1.29, 1.82) is 0 Å². The number of hydrogen-bond donors (Lipinski definition) is 1. The van der Waals surface area contributed by atoms with Crippen LogP contribution in [-0.4, -0.2) is 42.7 Å². The summed E-state index contributed by atoms with van der Waals surface area (Å²) in [6.07, 6.45) is 2.56. The van der Waals surface area contributed by atoms with Crippen molar-refractivity contribution in [3.8, 4) is 5.75 Å². The van der Waals surface area contributed by atoms with Gasteiger partial charge in [-0.25, -0.2) is 0 Å². The van der Waals surface area contributed by atoms with Gasteiger partial charge in [-0.2, -0.15) is 0 Å². The molecule has 2 unspecified atom stereocenters. The van der Waals surface area contributed by atoms with E-state index in [9.17, 15) is 0 Å². The Labute approximate surface area is 115 Å². The minimum Gasteiger partial charge on any atom is -0.488 e. The largest absolute Gasteiger partial charge is 0.488 e. The molecule has 3 heteroatoms. The van der Waals surface area contributed by atoms with Crippen LogP contribution < -0.4 is 10.1 Å². The molecule has 0 amide bonds. The first-order chi connectivity index (χ1) is 9.18. The predicted molar refractivity (Wildman–Crippen MR) is 77.7 cm³/mol. The van der Waals surface area contributed by atoms with Gasteiger partial charge in [0.2, 0.25) is 0 Å². The van der Waals surface area contributed by atoms with Crippen LogP contribution in [-0.2, 0) is 6.42 Å². The molecular weight excluding hydrogens is 236 g/mol. The Bertz CT molecular complexity index is 423. The number of nitrogens with one attached hydrogen (secondary N) is 1. The molecule has 2 aliphatic heterocycles. The summed E-state index contributed by atoms with van der Waals surface area (Å²) in [7, 11) is 0. The molecule has 0 bridgehead atoms. The van der Waals surface area contributed by atoms with E-state index in [-0.39, 0.29) is 5.54 Å². The van der Waals surface area contributed by atoms with Crippen LogP contribution in [0.1, 0.15) is 25.8 Å². The van der Waals surface area contributed by atoms with Crippen LogP contribution in [0.4, 0.5) is 0 Å². The second-order valence-electron chi connectivity index (χ2n) is 6.13. The lowest BCUT2D eigenvalue weighted by molar-refractivity contribution is 0.0933. The molecule has 3 nitrogen and oxygen atoms in total. The van der Waals surface area contributed by atoms with Crippen molar-refractivity contribution in [2.24, 2.45) is 0 Å². The highest BCUT2D eigenvalue weighted by Crippen LogP contribution is 2.29. The van der Waals surface area contributed by atoms with E-state index in [1.807, 2.05) is 0 Å². The molecule has 0 aliphatic carbocycles. The fraction of sp³-hybridized carbons (Fsp3) is 0.625. The lowest BCUT2D eigenvalue weighted by atomic mass is 9.95. The molecule has 1 aromatic rings. The molecule has 1 saturated heterocycles. The average Bonchev–Trinajstić information content (AvgIpc) is 2.81. The van der Waals surface area contributed by atoms with Crippen LogP contribution in [0.5, 0.6) is 5.75 Å². The van der Waals surface area contributed by atoms with Crippen molar-refractivity contribution in [1.82, 2.24) is 10.2 Å². The van der Waals surface area contributed by atoms with Crippen LogP contribution in [0.3, 0.4) is 0 Å². The fourth-order valence-electron chi connectivity index (χ4n) is 3.18. The number of para-hydroxylation sites is 1. The van der Waals surface area contributed by atoms with Crippen molar-refractivity contribution in [3.63, 3.8) is 0 Å².